The van der Waals surface area contributed by atoms with Gasteiger partial charge < -0.3 is 15.5 Å². The third-order valence-electron chi connectivity index (χ3n) is 3.22. The van der Waals surface area contributed by atoms with Crippen LogP contribution in [0.15, 0.2) is 18.6 Å². The number of nitrogens with two attached hydrogens (primary N) is 1. The first-order valence-corrected chi connectivity index (χ1v) is 6.20. The molecular formula is C13H14N4O2. The van der Waals surface area contributed by atoms with E-state index in [1.807, 2.05) is 0 Å². The van der Waals surface area contributed by atoms with Gasteiger partial charge in [-0.05, 0) is 25.3 Å². The Bertz CT molecular complexity index is 643. The summed E-state index contributed by atoms with van der Waals surface area (Å²) in [7, 11) is 0. The average molecular weight is 258 g/mol. The number of H-pyrrole nitrogens is 1. The molecule has 1 fully saturated rings. The second-order valence-corrected chi connectivity index (χ2v) is 4.55. The number of hydrogen-bond donors (Lipinski definition) is 2. The van der Waals surface area contributed by atoms with Crippen LogP contribution in [0, 0.1) is 0 Å². The number of primary amides is 1. The molecule has 2 aromatic heterocycles. The fourth-order valence-corrected chi connectivity index (χ4v) is 2.00. The van der Waals surface area contributed by atoms with Gasteiger partial charge in [0, 0.05) is 17.8 Å². The molecule has 0 atom stereocenters. The lowest BCUT2D eigenvalue weighted by atomic mass is 9.96. The van der Waals surface area contributed by atoms with Crippen LogP contribution in [0.5, 0.6) is 5.88 Å². The summed E-state index contributed by atoms with van der Waals surface area (Å²) in [6.45, 7) is 0. The molecule has 2 heterocycles. The van der Waals surface area contributed by atoms with Crippen molar-refractivity contribution in [2.45, 2.75) is 25.4 Å². The molecular weight excluding hydrogens is 244 g/mol. The molecule has 1 aliphatic rings. The molecule has 6 heteroatoms. The number of amides is 1. The molecule has 19 heavy (non-hydrogen) atoms. The monoisotopic (exact) mass is 258 g/mol. The van der Waals surface area contributed by atoms with Gasteiger partial charge in [-0.3, -0.25) is 4.79 Å². The fraction of sp³-hybridized carbons (Fsp3) is 0.308. The summed E-state index contributed by atoms with van der Waals surface area (Å²) in [6, 6.07) is 0. The van der Waals surface area contributed by atoms with Crippen molar-refractivity contribution in [3.63, 3.8) is 0 Å². The zero-order valence-electron chi connectivity index (χ0n) is 10.3. The van der Waals surface area contributed by atoms with Gasteiger partial charge in [-0.25, -0.2) is 9.97 Å². The second kappa shape index (κ2) is 4.72. The van der Waals surface area contributed by atoms with E-state index in [0.717, 1.165) is 23.8 Å². The molecule has 1 aliphatic carbocycles. The largest absolute Gasteiger partial charge is 0.474 e. The van der Waals surface area contributed by atoms with Crippen molar-refractivity contribution < 1.29 is 9.53 Å². The third-order valence-corrected chi connectivity index (χ3v) is 3.22. The molecule has 0 aromatic carbocycles. The molecule has 0 spiro atoms. The molecule has 2 aromatic rings. The van der Waals surface area contributed by atoms with Crippen LogP contribution in [0.4, 0.5) is 0 Å². The average Bonchev–Trinajstić information content (AvgIpc) is 2.75. The van der Waals surface area contributed by atoms with E-state index in [1.54, 1.807) is 12.3 Å². The third kappa shape index (κ3) is 2.29. The van der Waals surface area contributed by atoms with E-state index < -0.39 is 5.91 Å². The van der Waals surface area contributed by atoms with Crippen LogP contribution < -0.4 is 10.5 Å². The highest BCUT2D eigenvalue weighted by Gasteiger charge is 2.21. The Balaban J connectivity index is 2.00. The summed E-state index contributed by atoms with van der Waals surface area (Å²) in [4.78, 5) is 22.2. The number of nitrogens with one attached hydrogen (secondary N) is 1. The molecule has 0 saturated heterocycles. The van der Waals surface area contributed by atoms with Gasteiger partial charge in [-0.15, -0.1) is 0 Å². The lowest BCUT2D eigenvalue weighted by molar-refractivity contribution is -0.113. The van der Waals surface area contributed by atoms with Gasteiger partial charge in [-0.1, -0.05) is 0 Å². The van der Waals surface area contributed by atoms with Crippen molar-refractivity contribution in [3.8, 4) is 5.88 Å². The van der Waals surface area contributed by atoms with Crippen molar-refractivity contribution >= 4 is 23.0 Å². The number of carbonyl (C=O) groups excluding carboxylic acids is 1. The molecule has 6 nitrogen and oxygen atoms in total. The first-order chi connectivity index (χ1) is 9.24. The van der Waals surface area contributed by atoms with E-state index in [9.17, 15) is 4.79 Å². The summed E-state index contributed by atoms with van der Waals surface area (Å²) in [6.07, 6.45) is 9.72. The molecule has 1 amide bonds. The molecule has 3 N–H and O–H groups in total. The van der Waals surface area contributed by atoms with Gasteiger partial charge in [-0.2, -0.15) is 0 Å². The molecule has 0 bridgehead atoms. The van der Waals surface area contributed by atoms with Gasteiger partial charge >= 0.3 is 0 Å². The van der Waals surface area contributed by atoms with Crippen molar-refractivity contribution in [2.24, 2.45) is 5.73 Å². The maximum Gasteiger partial charge on any atom is 0.241 e. The summed E-state index contributed by atoms with van der Waals surface area (Å²) >= 11 is 0. The maximum atomic E-state index is 10.8. The van der Waals surface area contributed by atoms with Crippen molar-refractivity contribution in [1.82, 2.24) is 15.0 Å². The molecule has 0 aliphatic heterocycles. The second-order valence-electron chi connectivity index (χ2n) is 4.55. The minimum absolute atomic E-state index is 0.237. The Hall–Kier alpha value is -2.37. The zero-order chi connectivity index (χ0) is 13.2. The molecule has 98 valence electrons. The molecule has 1 saturated carbocycles. The van der Waals surface area contributed by atoms with E-state index in [2.05, 4.69) is 15.0 Å². The number of fused-ring (bicyclic) bond motifs is 1. The summed E-state index contributed by atoms with van der Waals surface area (Å²) < 4.78 is 5.85. The van der Waals surface area contributed by atoms with Gasteiger partial charge in [0.25, 0.3) is 0 Å². The SMILES string of the molecule is NC(=O)C=Cc1c[nH]c2ncnc(OC3CCC3)c12. The van der Waals surface area contributed by atoms with Gasteiger partial charge in [0.1, 0.15) is 18.1 Å². The van der Waals surface area contributed by atoms with E-state index in [1.165, 1.54) is 18.8 Å². The summed E-state index contributed by atoms with van der Waals surface area (Å²) in [5.41, 5.74) is 6.59. The number of ether oxygens (including phenoxy) is 1. The summed E-state index contributed by atoms with van der Waals surface area (Å²) in [5, 5.41) is 0.784. The van der Waals surface area contributed by atoms with Crippen LogP contribution in [-0.2, 0) is 4.79 Å². The molecule has 0 radical (unpaired) electrons. The minimum atomic E-state index is -0.493. The number of nitrogens with zero attached hydrogens (tertiary/aromatic N) is 2. The number of aromatic amines is 1. The smallest absolute Gasteiger partial charge is 0.241 e. The molecule has 3 rings (SSSR count). The Morgan fingerprint density at radius 3 is 3.00 bits per heavy atom. The fourth-order valence-electron chi connectivity index (χ4n) is 2.00. The van der Waals surface area contributed by atoms with E-state index in [4.69, 9.17) is 10.5 Å². The first kappa shape index (κ1) is 11.7. The highest BCUT2D eigenvalue weighted by Crippen LogP contribution is 2.30. The Morgan fingerprint density at radius 2 is 2.32 bits per heavy atom. The standard InChI is InChI=1S/C13H14N4O2/c14-10(18)5-4-8-6-15-12-11(8)13(17-7-16-12)19-9-2-1-3-9/h4-7,9H,1-3H2,(H2,14,18)(H,15,16,17). The molecule has 0 unspecified atom stereocenters. The zero-order valence-corrected chi connectivity index (χ0v) is 10.3. The Morgan fingerprint density at radius 1 is 1.47 bits per heavy atom. The Labute approximate surface area is 109 Å². The van der Waals surface area contributed by atoms with Crippen LogP contribution in [0.3, 0.4) is 0 Å². The van der Waals surface area contributed by atoms with Crippen LogP contribution in [0.2, 0.25) is 0 Å². The predicted octanol–water partition coefficient (Wildman–Crippen LogP) is 1.39. The highest BCUT2D eigenvalue weighted by molar-refractivity contribution is 5.96. The normalized spacial score (nSPS) is 15.8. The number of aromatic nitrogens is 3. The minimum Gasteiger partial charge on any atom is -0.474 e. The van der Waals surface area contributed by atoms with Crippen LogP contribution in [-0.4, -0.2) is 27.0 Å². The van der Waals surface area contributed by atoms with Crippen molar-refractivity contribution in [2.75, 3.05) is 0 Å². The lowest BCUT2D eigenvalue weighted by Gasteiger charge is -2.25. The van der Waals surface area contributed by atoms with Crippen molar-refractivity contribution in [1.29, 1.82) is 0 Å². The first-order valence-electron chi connectivity index (χ1n) is 6.20. The topological polar surface area (TPSA) is 93.9 Å². The van der Waals surface area contributed by atoms with Crippen LogP contribution >= 0.6 is 0 Å². The van der Waals surface area contributed by atoms with Crippen LogP contribution in [0.25, 0.3) is 17.1 Å². The quantitative estimate of drug-likeness (QED) is 0.810. The number of hydrogen-bond acceptors (Lipinski definition) is 4. The van der Waals surface area contributed by atoms with Crippen LogP contribution in [0.1, 0.15) is 24.8 Å². The van der Waals surface area contributed by atoms with Gasteiger partial charge in [0.2, 0.25) is 11.8 Å². The highest BCUT2D eigenvalue weighted by atomic mass is 16.5. The van der Waals surface area contributed by atoms with E-state index >= 15 is 0 Å². The lowest BCUT2D eigenvalue weighted by Crippen LogP contribution is -2.25. The Kier molecular flexibility index (Phi) is 2.91. The predicted molar refractivity (Wildman–Crippen MR) is 70.4 cm³/mol. The number of rotatable bonds is 4. The van der Waals surface area contributed by atoms with Gasteiger partial charge in [0.05, 0.1) is 5.39 Å². The van der Waals surface area contributed by atoms with E-state index in [-0.39, 0.29) is 6.10 Å². The van der Waals surface area contributed by atoms with Gasteiger partial charge in [0.15, 0.2) is 0 Å². The van der Waals surface area contributed by atoms with Crippen molar-refractivity contribution in [3.05, 3.63) is 24.2 Å². The summed E-state index contributed by atoms with van der Waals surface area (Å²) in [5.74, 6) is 0.0627. The number of carbonyl (C=O) groups is 1. The maximum absolute atomic E-state index is 10.8. The van der Waals surface area contributed by atoms with E-state index in [0.29, 0.717) is 11.5 Å².